The van der Waals surface area contributed by atoms with Crippen LogP contribution in [0.1, 0.15) is 41.0 Å². The number of thioether (sulfide) groups is 1. The lowest BCUT2D eigenvalue weighted by Crippen LogP contribution is -2.68. The third kappa shape index (κ3) is 10.5. The molecule has 1 rings (SSSR count). The maximum absolute atomic E-state index is 13.0. The second-order valence-electron chi connectivity index (χ2n) is 8.13. The number of alkyl halides is 3. The number of hydrogen-bond acceptors (Lipinski definition) is 13. The van der Waals surface area contributed by atoms with Crippen molar-refractivity contribution in [3.05, 3.63) is 0 Å². The zero-order valence-corrected chi connectivity index (χ0v) is 25.0. The van der Waals surface area contributed by atoms with Gasteiger partial charge in [0.15, 0.2) is 12.2 Å². The zero-order chi connectivity index (χ0) is 30.1. The van der Waals surface area contributed by atoms with Gasteiger partial charge in [-0.1, -0.05) is 41.7 Å². The molecule has 0 aromatic carbocycles. The summed E-state index contributed by atoms with van der Waals surface area (Å²) in [6.45, 7) is 5.32. The Morgan fingerprint density at radius 3 is 2.03 bits per heavy atom. The molecule has 0 spiro atoms. The molecule has 1 amide bonds. The quantitative estimate of drug-likeness (QED) is 0.197. The number of carbonyl (C=O) groups excluding carboxylic acids is 6. The molecule has 1 aliphatic rings. The summed E-state index contributed by atoms with van der Waals surface area (Å²) in [5.74, 6) is -5.12. The van der Waals surface area contributed by atoms with E-state index in [1.54, 1.807) is 6.92 Å². The van der Waals surface area contributed by atoms with E-state index in [2.05, 4.69) is 5.32 Å². The van der Waals surface area contributed by atoms with E-state index in [-0.39, 0.29) is 6.42 Å². The first kappa shape index (κ1) is 35.0. The summed E-state index contributed by atoms with van der Waals surface area (Å²) in [6, 6.07) is -1.45. The fraction of sp³-hybridized carbons (Fsp3) is 0.727. The van der Waals surface area contributed by atoms with Gasteiger partial charge in [0.05, 0.1) is 13.2 Å². The lowest BCUT2D eigenvalue weighted by molar-refractivity contribution is -0.224. The summed E-state index contributed by atoms with van der Waals surface area (Å²) in [4.78, 5) is 71.6. The molecule has 1 saturated heterocycles. The largest absolute Gasteiger partial charge is 0.466 e. The molecule has 0 aliphatic carbocycles. The van der Waals surface area contributed by atoms with Crippen LogP contribution < -0.4 is 5.32 Å². The molecule has 1 fully saturated rings. The lowest BCUT2D eigenvalue weighted by atomic mass is 9.89. The molecular formula is C22H30Cl3NO12S. The average Bonchev–Trinajstić information content (AvgIpc) is 2.79. The number of amides is 1. The van der Waals surface area contributed by atoms with E-state index in [9.17, 15) is 28.8 Å². The van der Waals surface area contributed by atoms with Gasteiger partial charge >= 0.3 is 29.8 Å². The monoisotopic (exact) mass is 637 g/mol. The highest BCUT2D eigenvalue weighted by Gasteiger charge is 2.59. The Bertz CT molecular complexity index is 946. The topological polar surface area (TPSA) is 170 Å². The first-order chi connectivity index (χ1) is 18.0. The number of rotatable bonds is 11. The number of hydrogen-bond donors (Lipinski definition) is 1. The smallest absolute Gasteiger partial charge is 0.348 e. The van der Waals surface area contributed by atoms with Crippen LogP contribution in [0, 0.1) is 0 Å². The van der Waals surface area contributed by atoms with Crippen molar-refractivity contribution in [3.8, 4) is 0 Å². The van der Waals surface area contributed by atoms with E-state index >= 15 is 0 Å². The SMILES string of the molecule is CCS[C@@]1(C(=O)OC)C[C@H](OC(C)=O)[C@@H](NC(=O)C(Cl)(Cl)Cl)[C@H]([C@H](OC(C)=O)[C@@H](COC(C)=O)OC(C)=O)O1. The summed E-state index contributed by atoms with van der Waals surface area (Å²) in [5.41, 5.74) is 0. The Labute approximate surface area is 244 Å². The molecule has 1 heterocycles. The molecule has 0 radical (unpaired) electrons. The molecule has 39 heavy (non-hydrogen) atoms. The highest BCUT2D eigenvalue weighted by molar-refractivity contribution is 8.01. The standard InChI is InChI=1S/C22H30Cl3NO12S/c1-7-39-21(20(32)33-6)8-14(35-11(3)28)16(26-19(31)22(23,24)25)18(38-21)17(37-13(5)30)15(36-12(4)29)9-34-10(2)27/h14-18H,7-9H2,1-6H3,(H,26,31)/t14-,15+,16+,17+,18+,21+/m0/s1. The Balaban J connectivity index is 3.88. The molecule has 1 N–H and O–H groups in total. The summed E-state index contributed by atoms with van der Waals surface area (Å²) < 4.78 is 29.8. The first-order valence-electron chi connectivity index (χ1n) is 11.4. The predicted molar refractivity (Wildman–Crippen MR) is 138 cm³/mol. The number of ether oxygens (including phenoxy) is 6. The Morgan fingerprint density at radius 1 is 1.00 bits per heavy atom. The zero-order valence-electron chi connectivity index (χ0n) is 21.9. The first-order valence-corrected chi connectivity index (χ1v) is 13.5. The van der Waals surface area contributed by atoms with Crippen molar-refractivity contribution < 1.29 is 57.2 Å². The van der Waals surface area contributed by atoms with Crippen molar-refractivity contribution >= 4 is 82.3 Å². The summed E-state index contributed by atoms with van der Waals surface area (Å²) in [6.07, 6.45) is -6.51. The van der Waals surface area contributed by atoms with Gasteiger partial charge in [-0.25, -0.2) is 4.79 Å². The minimum Gasteiger partial charge on any atom is -0.466 e. The van der Waals surface area contributed by atoms with E-state index in [4.69, 9.17) is 63.2 Å². The molecule has 1 aliphatic heterocycles. The van der Waals surface area contributed by atoms with Crippen LogP contribution in [-0.2, 0) is 57.2 Å². The van der Waals surface area contributed by atoms with E-state index < -0.39 is 81.5 Å². The van der Waals surface area contributed by atoms with Crippen LogP contribution in [0.25, 0.3) is 0 Å². The van der Waals surface area contributed by atoms with E-state index in [1.165, 1.54) is 0 Å². The number of halogens is 3. The Hall–Kier alpha value is -2.00. The number of methoxy groups -OCH3 is 1. The number of carbonyl (C=O) groups is 6. The van der Waals surface area contributed by atoms with Crippen LogP contribution in [0.2, 0.25) is 0 Å². The average molecular weight is 639 g/mol. The molecule has 6 atom stereocenters. The van der Waals surface area contributed by atoms with Gasteiger partial charge in [-0.2, -0.15) is 0 Å². The highest BCUT2D eigenvalue weighted by atomic mass is 35.6. The number of nitrogens with one attached hydrogen (secondary N) is 1. The molecule has 0 unspecified atom stereocenters. The van der Waals surface area contributed by atoms with Gasteiger partial charge in [0.25, 0.3) is 9.70 Å². The van der Waals surface area contributed by atoms with Crippen molar-refractivity contribution in [2.24, 2.45) is 0 Å². The lowest BCUT2D eigenvalue weighted by Gasteiger charge is -2.48. The van der Waals surface area contributed by atoms with E-state index in [0.29, 0.717) is 5.75 Å². The van der Waals surface area contributed by atoms with Gasteiger partial charge in [0.2, 0.25) is 4.93 Å². The van der Waals surface area contributed by atoms with Crippen molar-refractivity contribution in [1.82, 2.24) is 5.32 Å². The molecule has 17 heteroatoms. The van der Waals surface area contributed by atoms with Crippen LogP contribution >= 0.6 is 46.6 Å². The molecule has 0 saturated carbocycles. The Kier molecular flexibility index (Phi) is 13.6. The molecule has 0 bridgehead atoms. The van der Waals surface area contributed by atoms with Crippen LogP contribution in [0.4, 0.5) is 0 Å². The van der Waals surface area contributed by atoms with E-state index in [0.717, 1.165) is 46.6 Å². The Morgan fingerprint density at radius 2 is 1.59 bits per heavy atom. The van der Waals surface area contributed by atoms with Gasteiger partial charge in [-0.3, -0.25) is 24.0 Å². The normalized spacial score (nSPS) is 24.4. The van der Waals surface area contributed by atoms with Crippen LogP contribution in [0.5, 0.6) is 0 Å². The fourth-order valence-electron chi connectivity index (χ4n) is 3.78. The van der Waals surface area contributed by atoms with Gasteiger partial charge in [0, 0.05) is 34.1 Å². The fourth-order valence-corrected chi connectivity index (χ4v) is 5.07. The van der Waals surface area contributed by atoms with Gasteiger partial charge in [0.1, 0.15) is 18.8 Å². The van der Waals surface area contributed by atoms with Gasteiger partial charge in [-0.05, 0) is 5.75 Å². The summed E-state index contributed by atoms with van der Waals surface area (Å²) in [5, 5.41) is 2.39. The molecule has 13 nitrogen and oxygen atoms in total. The van der Waals surface area contributed by atoms with Gasteiger partial charge in [-0.15, -0.1) is 11.8 Å². The van der Waals surface area contributed by atoms with Crippen molar-refractivity contribution in [3.63, 3.8) is 0 Å². The van der Waals surface area contributed by atoms with Crippen LogP contribution in [0.3, 0.4) is 0 Å². The third-order valence-electron chi connectivity index (χ3n) is 5.06. The second kappa shape index (κ2) is 15.1. The molecule has 0 aromatic rings. The highest BCUT2D eigenvalue weighted by Crippen LogP contribution is 2.43. The number of esters is 5. The summed E-state index contributed by atoms with van der Waals surface area (Å²) >= 11 is 18.2. The third-order valence-corrected chi connectivity index (χ3v) is 6.76. The van der Waals surface area contributed by atoms with Crippen molar-refractivity contribution in [2.45, 2.75) is 80.2 Å². The predicted octanol–water partition coefficient (Wildman–Crippen LogP) is 1.61. The molecular weight excluding hydrogens is 609 g/mol. The van der Waals surface area contributed by atoms with Crippen molar-refractivity contribution in [1.29, 1.82) is 0 Å². The van der Waals surface area contributed by atoms with Gasteiger partial charge < -0.3 is 33.7 Å². The second-order valence-corrected chi connectivity index (χ2v) is 11.9. The minimum atomic E-state index is -2.50. The maximum Gasteiger partial charge on any atom is 0.348 e. The van der Waals surface area contributed by atoms with E-state index in [1.807, 2.05) is 0 Å². The summed E-state index contributed by atoms with van der Waals surface area (Å²) in [7, 11) is 1.10. The van der Waals surface area contributed by atoms with Crippen molar-refractivity contribution in [2.75, 3.05) is 19.5 Å². The maximum atomic E-state index is 13.0. The minimum absolute atomic E-state index is 0.291. The molecule has 222 valence electrons. The van der Waals surface area contributed by atoms with Crippen LogP contribution in [-0.4, -0.2) is 94.4 Å². The van der Waals surface area contributed by atoms with Crippen LogP contribution in [0.15, 0.2) is 0 Å². The molecule has 0 aromatic heterocycles.